The maximum absolute atomic E-state index is 13.0. The van der Waals surface area contributed by atoms with Gasteiger partial charge in [0, 0.05) is 29.1 Å². The second-order valence-corrected chi connectivity index (χ2v) is 5.45. The van der Waals surface area contributed by atoms with Gasteiger partial charge in [-0.05, 0) is 30.7 Å². The van der Waals surface area contributed by atoms with E-state index in [-0.39, 0.29) is 11.6 Å². The molecule has 0 amide bonds. The summed E-state index contributed by atoms with van der Waals surface area (Å²) in [6, 6.07) is 14.5. The van der Waals surface area contributed by atoms with Gasteiger partial charge in [0.25, 0.3) is 0 Å². The van der Waals surface area contributed by atoms with E-state index in [1.54, 1.807) is 30.3 Å². The summed E-state index contributed by atoms with van der Waals surface area (Å²) < 4.78 is 1.90. The first-order chi connectivity index (χ1) is 10.7. The number of carbonyl (C=O) groups excluding carboxylic acids is 2. The first-order valence-corrected chi connectivity index (χ1v) is 7.14. The molecule has 3 aromatic rings. The smallest absolute Gasteiger partial charge is 0.196 e. The molecule has 0 N–H and O–H groups in total. The third-order valence-corrected chi connectivity index (χ3v) is 4.13. The van der Waals surface area contributed by atoms with Crippen molar-refractivity contribution in [3.8, 4) is 5.69 Å². The normalized spacial score (nSPS) is 13.0. The van der Waals surface area contributed by atoms with Crippen LogP contribution in [0.1, 0.15) is 37.4 Å². The van der Waals surface area contributed by atoms with Crippen LogP contribution in [0.2, 0.25) is 0 Å². The second-order valence-electron chi connectivity index (χ2n) is 5.45. The number of aryl methyl sites for hydroxylation is 1. The Morgan fingerprint density at radius 3 is 2.05 bits per heavy atom. The standard InChI is InChI=1S/C19H13NO2/c1-12-8-9-15-16(17(12)20-10-4-5-11-20)19(22)14-7-3-2-6-13(14)18(15)21/h2-11H,1H3. The molecule has 0 fully saturated rings. The van der Waals surface area contributed by atoms with Crippen LogP contribution in [0.25, 0.3) is 5.69 Å². The van der Waals surface area contributed by atoms with Crippen molar-refractivity contribution in [2.45, 2.75) is 6.92 Å². The van der Waals surface area contributed by atoms with E-state index in [0.29, 0.717) is 22.3 Å². The largest absolute Gasteiger partial charge is 0.323 e. The molecule has 3 nitrogen and oxygen atoms in total. The van der Waals surface area contributed by atoms with Crippen molar-refractivity contribution in [2.24, 2.45) is 0 Å². The molecule has 0 radical (unpaired) electrons. The molecule has 106 valence electrons. The van der Waals surface area contributed by atoms with E-state index >= 15 is 0 Å². The van der Waals surface area contributed by atoms with Crippen molar-refractivity contribution in [3.05, 3.63) is 88.7 Å². The fourth-order valence-electron chi connectivity index (χ4n) is 3.09. The van der Waals surface area contributed by atoms with Gasteiger partial charge in [-0.1, -0.05) is 30.3 Å². The maximum Gasteiger partial charge on any atom is 0.196 e. The third kappa shape index (κ3) is 1.62. The lowest BCUT2D eigenvalue weighted by molar-refractivity contribution is 0.0979. The Balaban J connectivity index is 2.08. The predicted molar refractivity (Wildman–Crippen MR) is 83.8 cm³/mol. The molecule has 3 heteroatoms. The minimum atomic E-state index is -0.0856. The zero-order valence-corrected chi connectivity index (χ0v) is 12.0. The highest BCUT2D eigenvalue weighted by atomic mass is 16.1. The Hall–Kier alpha value is -2.94. The lowest BCUT2D eigenvalue weighted by Gasteiger charge is -2.22. The quantitative estimate of drug-likeness (QED) is 0.537. The molecular formula is C19H13NO2. The summed E-state index contributed by atoms with van der Waals surface area (Å²) >= 11 is 0. The van der Waals surface area contributed by atoms with Crippen LogP contribution in [0.5, 0.6) is 0 Å². The minimum Gasteiger partial charge on any atom is -0.323 e. The van der Waals surface area contributed by atoms with E-state index in [2.05, 4.69) is 0 Å². The fourth-order valence-corrected chi connectivity index (χ4v) is 3.09. The second kappa shape index (κ2) is 4.53. The number of fused-ring (bicyclic) bond motifs is 2. The molecule has 1 aromatic heterocycles. The summed E-state index contributed by atoms with van der Waals surface area (Å²) in [5.74, 6) is -0.170. The van der Waals surface area contributed by atoms with Crippen LogP contribution < -0.4 is 0 Å². The number of ketones is 2. The summed E-state index contributed by atoms with van der Waals surface area (Å²) in [7, 11) is 0. The average molecular weight is 287 g/mol. The zero-order chi connectivity index (χ0) is 15.3. The molecule has 0 aliphatic heterocycles. The number of hydrogen-bond donors (Lipinski definition) is 0. The molecular weight excluding hydrogens is 274 g/mol. The molecule has 4 rings (SSSR count). The molecule has 0 unspecified atom stereocenters. The van der Waals surface area contributed by atoms with Crippen molar-refractivity contribution < 1.29 is 9.59 Å². The molecule has 1 aliphatic rings. The van der Waals surface area contributed by atoms with Gasteiger partial charge in [-0.2, -0.15) is 0 Å². The topological polar surface area (TPSA) is 39.1 Å². The number of nitrogens with zero attached hydrogens (tertiary/aromatic N) is 1. The van der Waals surface area contributed by atoms with Crippen LogP contribution in [-0.4, -0.2) is 16.1 Å². The Bertz CT molecular complexity index is 921. The monoisotopic (exact) mass is 287 g/mol. The summed E-state index contributed by atoms with van der Waals surface area (Å²) in [6.07, 6.45) is 3.78. The van der Waals surface area contributed by atoms with E-state index in [0.717, 1.165) is 11.3 Å². The van der Waals surface area contributed by atoms with Crippen molar-refractivity contribution in [1.29, 1.82) is 0 Å². The van der Waals surface area contributed by atoms with Gasteiger partial charge in [-0.15, -0.1) is 0 Å². The van der Waals surface area contributed by atoms with Crippen LogP contribution in [0, 0.1) is 6.92 Å². The molecule has 0 saturated carbocycles. The van der Waals surface area contributed by atoms with Crippen LogP contribution in [-0.2, 0) is 0 Å². The van der Waals surface area contributed by atoms with E-state index < -0.39 is 0 Å². The van der Waals surface area contributed by atoms with Crippen LogP contribution in [0.4, 0.5) is 0 Å². The highest BCUT2D eigenvalue weighted by molar-refractivity contribution is 6.29. The highest BCUT2D eigenvalue weighted by Gasteiger charge is 2.32. The third-order valence-electron chi connectivity index (χ3n) is 4.13. The molecule has 22 heavy (non-hydrogen) atoms. The van der Waals surface area contributed by atoms with Crippen LogP contribution in [0.3, 0.4) is 0 Å². The van der Waals surface area contributed by atoms with Crippen molar-refractivity contribution in [1.82, 2.24) is 4.57 Å². The average Bonchev–Trinajstić information content (AvgIpc) is 3.06. The number of rotatable bonds is 1. The van der Waals surface area contributed by atoms with Crippen molar-refractivity contribution >= 4 is 11.6 Å². The van der Waals surface area contributed by atoms with Gasteiger partial charge in [0.2, 0.25) is 0 Å². The number of carbonyl (C=O) groups is 2. The van der Waals surface area contributed by atoms with Gasteiger partial charge in [-0.25, -0.2) is 0 Å². The van der Waals surface area contributed by atoms with Gasteiger partial charge in [-0.3, -0.25) is 9.59 Å². The zero-order valence-electron chi connectivity index (χ0n) is 12.0. The van der Waals surface area contributed by atoms with E-state index in [9.17, 15) is 9.59 Å². The number of benzene rings is 2. The van der Waals surface area contributed by atoms with Crippen LogP contribution >= 0.6 is 0 Å². The van der Waals surface area contributed by atoms with Crippen LogP contribution in [0.15, 0.2) is 60.9 Å². The van der Waals surface area contributed by atoms with Gasteiger partial charge >= 0.3 is 0 Å². The number of aromatic nitrogens is 1. The molecule has 2 aromatic carbocycles. The van der Waals surface area contributed by atoms with Crippen molar-refractivity contribution in [3.63, 3.8) is 0 Å². The van der Waals surface area contributed by atoms with Crippen molar-refractivity contribution in [2.75, 3.05) is 0 Å². The summed E-state index contributed by atoms with van der Waals surface area (Å²) in [5, 5.41) is 0. The Labute approximate surface area is 127 Å². The van der Waals surface area contributed by atoms with Gasteiger partial charge < -0.3 is 4.57 Å². The van der Waals surface area contributed by atoms with Gasteiger partial charge in [0.15, 0.2) is 11.6 Å². The highest BCUT2D eigenvalue weighted by Crippen LogP contribution is 2.32. The first-order valence-electron chi connectivity index (χ1n) is 7.14. The Kier molecular flexibility index (Phi) is 2.63. The lowest BCUT2D eigenvalue weighted by Crippen LogP contribution is -2.23. The van der Waals surface area contributed by atoms with E-state index in [1.165, 1.54) is 0 Å². The SMILES string of the molecule is Cc1ccc2c(c1-n1cccc1)C(=O)c1ccccc1C2=O. The fraction of sp³-hybridized carbons (Fsp3) is 0.0526. The maximum atomic E-state index is 13.0. The van der Waals surface area contributed by atoms with E-state index in [1.807, 2.05) is 42.1 Å². The molecule has 0 spiro atoms. The summed E-state index contributed by atoms with van der Waals surface area (Å²) in [6.45, 7) is 1.95. The lowest BCUT2D eigenvalue weighted by atomic mass is 9.82. The van der Waals surface area contributed by atoms with E-state index in [4.69, 9.17) is 0 Å². The first kappa shape index (κ1) is 12.8. The number of hydrogen-bond acceptors (Lipinski definition) is 2. The predicted octanol–water partition coefficient (Wildman–Crippen LogP) is 3.56. The minimum absolute atomic E-state index is 0.0846. The Morgan fingerprint density at radius 2 is 1.36 bits per heavy atom. The molecule has 0 saturated heterocycles. The van der Waals surface area contributed by atoms with Gasteiger partial charge in [0.05, 0.1) is 11.3 Å². The molecule has 0 bridgehead atoms. The molecule has 1 heterocycles. The molecule has 0 atom stereocenters. The Morgan fingerprint density at radius 1 is 0.727 bits per heavy atom. The molecule has 1 aliphatic carbocycles. The van der Waals surface area contributed by atoms with Gasteiger partial charge in [0.1, 0.15) is 0 Å². The summed E-state index contributed by atoms with van der Waals surface area (Å²) in [4.78, 5) is 25.7. The summed E-state index contributed by atoms with van der Waals surface area (Å²) in [5.41, 5.74) is 3.71.